The van der Waals surface area contributed by atoms with Gasteiger partial charge in [0.25, 0.3) is 0 Å². The smallest absolute Gasteiger partial charge is 0.332 e. The summed E-state index contributed by atoms with van der Waals surface area (Å²) in [6.07, 6.45) is 0. The second-order valence-corrected chi connectivity index (χ2v) is 7.28. The summed E-state index contributed by atoms with van der Waals surface area (Å²) in [6.45, 7) is 5.64. The molecule has 7 heteroatoms. The van der Waals surface area contributed by atoms with Crippen molar-refractivity contribution in [3.05, 3.63) is 71.5 Å². The summed E-state index contributed by atoms with van der Waals surface area (Å²) in [6, 6.07) is 14.9. The molecule has 0 atom stereocenters. The predicted molar refractivity (Wildman–Crippen MR) is 104 cm³/mol. The molecule has 0 aliphatic heterocycles. The van der Waals surface area contributed by atoms with E-state index in [1.807, 2.05) is 30.3 Å². The fourth-order valence-corrected chi connectivity index (χ4v) is 2.38. The maximum Gasteiger partial charge on any atom is 0.332 e. The lowest BCUT2D eigenvalue weighted by atomic mass is 10.2. The van der Waals surface area contributed by atoms with Crippen LogP contribution in [0.2, 0.25) is 0 Å². The SMILES string of the molecule is CC(C)(C)OC(=O)CNN(Cc1ccc(F)cc1)C(=O)NCc1ccccc1. The monoisotopic (exact) mass is 387 g/mol. The maximum absolute atomic E-state index is 13.1. The van der Waals surface area contributed by atoms with E-state index in [0.717, 1.165) is 5.56 Å². The predicted octanol–water partition coefficient (Wildman–Crippen LogP) is 3.38. The van der Waals surface area contributed by atoms with Gasteiger partial charge in [-0.2, -0.15) is 0 Å². The molecule has 2 aromatic rings. The Balaban J connectivity index is 2.00. The molecular formula is C21H26FN3O3. The average molecular weight is 387 g/mol. The number of benzene rings is 2. The first-order valence-corrected chi connectivity index (χ1v) is 9.02. The van der Waals surface area contributed by atoms with E-state index in [9.17, 15) is 14.0 Å². The van der Waals surface area contributed by atoms with E-state index in [1.54, 1.807) is 32.9 Å². The average Bonchev–Trinajstić information content (AvgIpc) is 2.64. The molecule has 2 aromatic carbocycles. The first-order chi connectivity index (χ1) is 13.2. The van der Waals surface area contributed by atoms with E-state index in [2.05, 4.69) is 10.7 Å². The molecule has 0 unspecified atom stereocenters. The van der Waals surface area contributed by atoms with Crippen LogP contribution in [-0.2, 0) is 22.6 Å². The van der Waals surface area contributed by atoms with Crippen molar-refractivity contribution in [2.24, 2.45) is 0 Å². The van der Waals surface area contributed by atoms with Crippen molar-refractivity contribution in [3.63, 3.8) is 0 Å². The molecule has 0 fully saturated rings. The zero-order valence-corrected chi connectivity index (χ0v) is 16.4. The van der Waals surface area contributed by atoms with Gasteiger partial charge in [0, 0.05) is 6.54 Å². The molecule has 0 heterocycles. The van der Waals surface area contributed by atoms with E-state index < -0.39 is 17.6 Å². The fourth-order valence-electron chi connectivity index (χ4n) is 2.38. The number of hydrazine groups is 1. The van der Waals surface area contributed by atoms with Gasteiger partial charge in [-0.1, -0.05) is 42.5 Å². The number of hydrogen-bond acceptors (Lipinski definition) is 4. The van der Waals surface area contributed by atoms with Gasteiger partial charge in [-0.15, -0.1) is 0 Å². The van der Waals surface area contributed by atoms with Gasteiger partial charge in [0.15, 0.2) is 0 Å². The van der Waals surface area contributed by atoms with E-state index >= 15 is 0 Å². The lowest BCUT2D eigenvalue weighted by molar-refractivity contribution is -0.154. The van der Waals surface area contributed by atoms with Crippen molar-refractivity contribution in [1.82, 2.24) is 15.8 Å². The van der Waals surface area contributed by atoms with Crippen molar-refractivity contribution < 1.29 is 18.7 Å². The Morgan fingerprint density at radius 1 is 1.00 bits per heavy atom. The van der Waals surface area contributed by atoms with Crippen molar-refractivity contribution in [1.29, 1.82) is 0 Å². The van der Waals surface area contributed by atoms with Crippen LogP contribution in [0.4, 0.5) is 9.18 Å². The van der Waals surface area contributed by atoms with Gasteiger partial charge < -0.3 is 10.1 Å². The number of nitrogens with zero attached hydrogens (tertiary/aromatic N) is 1. The van der Waals surface area contributed by atoms with Crippen molar-refractivity contribution in [3.8, 4) is 0 Å². The van der Waals surface area contributed by atoms with Crippen LogP contribution in [0.1, 0.15) is 31.9 Å². The zero-order valence-electron chi connectivity index (χ0n) is 16.4. The number of urea groups is 1. The van der Waals surface area contributed by atoms with Crippen LogP contribution in [-0.4, -0.2) is 29.2 Å². The van der Waals surface area contributed by atoms with Gasteiger partial charge in [0.05, 0.1) is 6.54 Å². The minimum atomic E-state index is -0.615. The van der Waals surface area contributed by atoms with E-state index in [0.29, 0.717) is 12.1 Å². The van der Waals surface area contributed by atoms with Crippen LogP contribution in [0.25, 0.3) is 0 Å². The third-order valence-electron chi connectivity index (χ3n) is 3.62. The highest BCUT2D eigenvalue weighted by molar-refractivity contribution is 5.75. The number of nitrogens with one attached hydrogen (secondary N) is 2. The van der Waals surface area contributed by atoms with E-state index in [-0.39, 0.29) is 18.9 Å². The van der Waals surface area contributed by atoms with Crippen LogP contribution in [0, 0.1) is 5.82 Å². The molecule has 0 aliphatic rings. The number of amides is 2. The molecule has 0 radical (unpaired) electrons. The summed E-state index contributed by atoms with van der Waals surface area (Å²) in [5, 5.41) is 4.08. The molecule has 6 nitrogen and oxygen atoms in total. The normalized spacial score (nSPS) is 11.0. The highest BCUT2D eigenvalue weighted by atomic mass is 19.1. The molecule has 0 spiro atoms. The number of esters is 1. The summed E-state index contributed by atoms with van der Waals surface area (Å²) < 4.78 is 18.4. The molecule has 2 N–H and O–H groups in total. The Bertz CT molecular complexity index is 774. The summed E-state index contributed by atoms with van der Waals surface area (Å²) >= 11 is 0. The standard InChI is InChI=1S/C21H26FN3O3/c1-21(2,3)28-19(26)14-24-25(15-17-9-11-18(22)12-10-17)20(27)23-13-16-7-5-4-6-8-16/h4-12,24H,13-15H2,1-3H3,(H,23,27). The highest BCUT2D eigenvalue weighted by Gasteiger charge is 2.19. The summed E-state index contributed by atoms with van der Waals surface area (Å²) in [7, 11) is 0. The third kappa shape index (κ3) is 7.75. The third-order valence-corrected chi connectivity index (χ3v) is 3.62. The summed E-state index contributed by atoms with van der Waals surface area (Å²) in [4.78, 5) is 24.6. The highest BCUT2D eigenvalue weighted by Crippen LogP contribution is 2.08. The van der Waals surface area contributed by atoms with Gasteiger partial charge in [0.2, 0.25) is 0 Å². The van der Waals surface area contributed by atoms with Gasteiger partial charge >= 0.3 is 12.0 Å². The lowest BCUT2D eigenvalue weighted by Crippen LogP contribution is -2.49. The van der Waals surface area contributed by atoms with Crippen LogP contribution < -0.4 is 10.7 Å². The Kier molecular flexibility index (Phi) is 7.52. The largest absolute Gasteiger partial charge is 0.459 e. The number of hydrogen-bond donors (Lipinski definition) is 2. The molecule has 0 aliphatic carbocycles. The minimum absolute atomic E-state index is 0.156. The first kappa shape index (κ1) is 21.4. The van der Waals surface area contributed by atoms with Gasteiger partial charge in [-0.3, -0.25) is 9.80 Å². The van der Waals surface area contributed by atoms with E-state index in [1.165, 1.54) is 17.1 Å². The van der Waals surface area contributed by atoms with Crippen molar-refractivity contribution >= 4 is 12.0 Å². The Morgan fingerprint density at radius 2 is 1.64 bits per heavy atom. The lowest BCUT2D eigenvalue weighted by Gasteiger charge is -2.25. The molecular weight excluding hydrogens is 361 g/mol. The number of halogens is 1. The van der Waals surface area contributed by atoms with Gasteiger partial charge in [0.1, 0.15) is 18.0 Å². The zero-order chi connectivity index (χ0) is 20.6. The second kappa shape index (κ2) is 9.85. The molecule has 0 saturated heterocycles. The maximum atomic E-state index is 13.1. The van der Waals surface area contributed by atoms with Gasteiger partial charge in [-0.05, 0) is 44.0 Å². The number of ether oxygens (including phenoxy) is 1. The fraction of sp³-hybridized carbons (Fsp3) is 0.333. The van der Waals surface area contributed by atoms with Crippen LogP contribution in [0.15, 0.2) is 54.6 Å². The Morgan fingerprint density at radius 3 is 2.25 bits per heavy atom. The summed E-state index contributed by atoms with van der Waals surface area (Å²) in [5.41, 5.74) is 3.84. The van der Waals surface area contributed by atoms with E-state index in [4.69, 9.17) is 4.74 Å². The number of carbonyl (C=O) groups is 2. The Hall–Kier alpha value is -2.93. The topological polar surface area (TPSA) is 70.7 Å². The molecule has 0 aromatic heterocycles. The Labute approximate surface area is 164 Å². The number of carbonyl (C=O) groups excluding carboxylic acids is 2. The summed E-state index contributed by atoms with van der Waals surface area (Å²) in [5.74, 6) is -0.835. The van der Waals surface area contributed by atoms with Crippen LogP contribution in [0.3, 0.4) is 0 Å². The molecule has 0 saturated carbocycles. The van der Waals surface area contributed by atoms with Crippen molar-refractivity contribution in [2.75, 3.05) is 6.54 Å². The molecule has 0 bridgehead atoms. The first-order valence-electron chi connectivity index (χ1n) is 9.02. The molecule has 28 heavy (non-hydrogen) atoms. The van der Waals surface area contributed by atoms with Crippen LogP contribution >= 0.6 is 0 Å². The molecule has 2 amide bonds. The molecule has 150 valence electrons. The van der Waals surface area contributed by atoms with Gasteiger partial charge in [-0.25, -0.2) is 14.6 Å². The van der Waals surface area contributed by atoms with Crippen molar-refractivity contribution in [2.45, 2.75) is 39.5 Å². The quantitative estimate of drug-likeness (QED) is 0.564. The second-order valence-electron chi connectivity index (χ2n) is 7.28. The number of rotatable bonds is 7. The van der Waals surface area contributed by atoms with Crippen LogP contribution in [0.5, 0.6) is 0 Å². The molecule has 2 rings (SSSR count). The minimum Gasteiger partial charge on any atom is -0.459 e.